The molecule has 398 valence electrons. The highest BCUT2D eigenvalue weighted by Gasteiger charge is 2.70. The quantitative estimate of drug-likeness (QED) is 0.105. The van der Waals surface area contributed by atoms with Crippen LogP contribution < -0.4 is 31.1 Å². The van der Waals surface area contributed by atoms with Crippen LogP contribution in [0.25, 0.3) is 76.8 Å². The van der Waals surface area contributed by atoms with Crippen molar-refractivity contribution < 1.29 is 0 Å². The summed E-state index contributed by atoms with van der Waals surface area (Å²) in [5, 5.41) is 17.6. The molecule has 0 aromatic heterocycles. The molecule has 0 nitrogen and oxygen atoms in total. The molecular weight excluding hydrogens is 1020 g/mol. The summed E-state index contributed by atoms with van der Waals surface area (Å²) >= 11 is 0. The van der Waals surface area contributed by atoms with E-state index < -0.39 is 16.1 Å². The lowest BCUT2D eigenvalue weighted by molar-refractivity contribution is 0.241. The second-order valence-electron chi connectivity index (χ2n) is 26.0. The number of benzene rings is 12. The zero-order valence-corrected chi connectivity index (χ0v) is 49.9. The topological polar surface area (TPSA) is 0 Å². The van der Waals surface area contributed by atoms with E-state index in [0.717, 1.165) is 0 Å². The average Bonchev–Trinajstić information content (AvgIpc) is 1.70. The van der Waals surface area contributed by atoms with Crippen molar-refractivity contribution in [3.05, 3.63) is 266 Å². The van der Waals surface area contributed by atoms with Crippen molar-refractivity contribution in [3.8, 4) is 44.5 Å². The first-order valence-corrected chi connectivity index (χ1v) is 34.6. The van der Waals surface area contributed by atoms with Gasteiger partial charge in [-0.3, -0.25) is 0 Å². The smallest absolute Gasteiger partial charge is 0.0624 e. The standard InChI is InChI=1S/C80H70Si2/c1-77-47-23-25-49-79(77,3)81(59-31-15-7-16-32-59,60-33-17-8-18-34-60)73-45-39-57(51-71(73)77)69-53-67(55-27-11-5-12-28-55)63-42-44-66-70(54-68(56-29-13-6-14-30-56)64-41-43-65(69)75(63)76(64)66)58-40-46-74-72(52-58)78(2)48-24-26-50-80(78,4)82(74,61-35-19-9-20-36-61)62-37-21-10-22-38-62/h5-22,27-46,51-54H,23-26,47-50H2,1-4H3. The van der Waals surface area contributed by atoms with Gasteiger partial charge in [0.05, 0.1) is 0 Å². The Labute approximate surface area is 486 Å². The van der Waals surface area contributed by atoms with Gasteiger partial charge in [-0.1, -0.05) is 296 Å². The number of fused-ring (bicyclic) bond motifs is 6. The Bertz CT molecular complexity index is 4070. The van der Waals surface area contributed by atoms with Crippen LogP contribution in [-0.2, 0) is 10.8 Å². The van der Waals surface area contributed by atoms with Crippen molar-refractivity contribution in [2.45, 2.75) is 100.0 Å². The van der Waals surface area contributed by atoms with Gasteiger partial charge in [0.1, 0.15) is 0 Å². The lowest BCUT2D eigenvalue weighted by Gasteiger charge is -2.54. The van der Waals surface area contributed by atoms with E-state index >= 15 is 0 Å². The van der Waals surface area contributed by atoms with Crippen LogP contribution in [0.15, 0.2) is 255 Å². The zero-order valence-electron chi connectivity index (χ0n) is 47.9. The lowest BCUT2D eigenvalue weighted by atomic mass is 9.64. The molecule has 0 spiro atoms. The third-order valence-corrected chi connectivity index (χ3v) is 35.1. The summed E-state index contributed by atoms with van der Waals surface area (Å²) in [5.41, 5.74) is 13.6. The van der Waals surface area contributed by atoms with Gasteiger partial charge in [0.2, 0.25) is 0 Å². The van der Waals surface area contributed by atoms with E-state index in [1.807, 2.05) is 0 Å². The van der Waals surface area contributed by atoms with Gasteiger partial charge >= 0.3 is 0 Å². The largest absolute Gasteiger partial charge is 0.155 e. The molecule has 0 amide bonds. The lowest BCUT2D eigenvalue weighted by Crippen LogP contribution is -2.72. The third-order valence-electron chi connectivity index (χ3n) is 22.9. The van der Waals surface area contributed by atoms with Gasteiger partial charge in [-0.25, -0.2) is 0 Å². The zero-order chi connectivity index (χ0) is 55.1. The molecule has 16 rings (SSSR count). The van der Waals surface area contributed by atoms with Gasteiger partial charge in [-0.2, -0.15) is 0 Å². The number of hydrogen-bond donors (Lipinski definition) is 0. The van der Waals surface area contributed by atoms with Crippen molar-refractivity contribution in [2.75, 3.05) is 0 Å². The summed E-state index contributed by atoms with van der Waals surface area (Å²) in [5.74, 6) is 0. The molecule has 0 N–H and O–H groups in total. The average molecular weight is 1090 g/mol. The minimum atomic E-state index is -2.60. The predicted molar refractivity (Wildman–Crippen MR) is 355 cm³/mol. The van der Waals surface area contributed by atoms with E-state index in [2.05, 4.69) is 282 Å². The van der Waals surface area contributed by atoms with Crippen molar-refractivity contribution in [1.82, 2.24) is 0 Å². The van der Waals surface area contributed by atoms with E-state index in [1.54, 1.807) is 42.2 Å². The fourth-order valence-electron chi connectivity index (χ4n) is 18.8. The molecule has 2 aliphatic carbocycles. The van der Waals surface area contributed by atoms with Crippen molar-refractivity contribution >= 4 is 79.6 Å². The Morgan fingerprint density at radius 3 is 0.866 bits per heavy atom. The molecule has 0 bridgehead atoms. The fourth-order valence-corrected chi connectivity index (χ4v) is 32.7. The predicted octanol–water partition coefficient (Wildman–Crippen LogP) is 17.4. The second kappa shape index (κ2) is 18.3. The molecule has 0 radical (unpaired) electrons. The maximum atomic E-state index is 2.71. The van der Waals surface area contributed by atoms with Crippen LogP contribution >= 0.6 is 0 Å². The molecular formula is C80H70Si2. The summed E-state index contributed by atoms with van der Waals surface area (Å²) in [6.45, 7) is 10.8. The molecule has 0 saturated heterocycles. The van der Waals surface area contributed by atoms with Crippen LogP contribution in [0, 0.1) is 0 Å². The van der Waals surface area contributed by atoms with Gasteiger partial charge in [-0.05, 0) is 178 Å². The number of rotatable bonds is 8. The second-order valence-corrected chi connectivity index (χ2v) is 34.6. The summed E-state index contributed by atoms with van der Waals surface area (Å²) in [7, 11) is -5.20. The Morgan fingerprint density at radius 1 is 0.268 bits per heavy atom. The van der Waals surface area contributed by atoms with E-state index in [-0.39, 0.29) is 20.9 Å². The van der Waals surface area contributed by atoms with Crippen LogP contribution in [-0.4, -0.2) is 16.1 Å². The maximum absolute atomic E-state index is 2.71. The first-order chi connectivity index (χ1) is 40.2. The van der Waals surface area contributed by atoms with Crippen LogP contribution in [0.4, 0.5) is 0 Å². The van der Waals surface area contributed by atoms with Crippen LogP contribution in [0.3, 0.4) is 0 Å². The molecule has 2 heteroatoms. The number of hydrogen-bond acceptors (Lipinski definition) is 0. The Hall–Kier alpha value is -7.89. The van der Waals surface area contributed by atoms with E-state index in [0.29, 0.717) is 0 Å². The van der Waals surface area contributed by atoms with Gasteiger partial charge < -0.3 is 0 Å². The minimum Gasteiger partial charge on any atom is -0.0624 e. The van der Waals surface area contributed by atoms with Crippen LogP contribution in [0.2, 0.25) is 10.1 Å². The summed E-state index contributed by atoms with van der Waals surface area (Å²) in [6.07, 6.45) is 9.95. The summed E-state index contributed by atoms with van der Waals surface area (Å²) in [6, 6.07) is 100. The fraction of sp³-hybridized carbons (Fsp3) is 0.200. The summed E-state index contributed by atoms with van der Waals surface area (Å²) < 4.78 is 0. The molecule has 4 atom stereocenters. The van der Waals surface area contributed by atoms with E-state index in [1.165, 1.54) is 128 Å². The highest BCUT2D eigenvalue weighted by molar-refractivity contribution is 7.15. The Morgan fingerprint density at radius 2 is 0.549 bits per heavy atom. The first-order valence-electron chi connectivity index (χ1n) is 30.6. The molecule has 82 heavy (non-hydrogen) atoms. The molecule has 4 unspecified atom stereocenters. The Balaban J connectivity index is 0.978. The Kier molecular flexibility index (Phi) is 11.1. The summed E-state index contributed by atoms with van der Waals surface area (Å²) in [4.78, 5) is 0. The molecule has 4 aliphatic rings. The SMILES string of the molecule is CC12CCCCC1(C)[Si](c1ccccc1)(c1ccccc1)c1ccc(-c3cc(-c4ccccc4)c4ccc5c(-c6ccc7c(c6)C6(C)CCCCC6(C)[Si]7(c6ccccc6)c6ccccc6)cc(-c6ccccc6)c6ccc3c4c65)cc12. The van der Waals surface area contributed by atoms with Crippen LogP contribution in [0.1, 0.15) is 90.2 Å². The van der Waals surface area contributed by atoms with E-state index in [4.69, 9.17) is 0 Å². The molecule has 12 aromatic rings. The van der Waals surface area contributed by atoms with Gasteiger partial charge in [-0.15, -0.1) is 0 Å². The molecule has 12 aromatic carbocycles. The molecule has 2 fully saturated rings. The van der Waals surface area contributed by atoms with Crippen molar-refractivity contribution in [1.29, 1.82) is 0 Å². The van der Waals surface area contributed by atoms with E-state index in [9.17, 15) is 0 Å². The normalized spacial score (nSPS) is 23.1. The monoisotopic (exact) mass is 1090 g/mol. The van der Waals surface area contributed by atoms with Gasteiger partial charge in [0.25, 0.3) is 0 Å². The van der Waals surface area contributed by atoms with Crippen LogP contribution in [0.5, 0.6) is 0 Å². The highest BCUT2D eigenvalue weighted by Crippen LogP contribution is 2.67. The highest BCUT2D eigenvalue weighted by atomic mass is 28.3. The molecule has 2 saturated carbocycles. The maximum Gasteiger partial charge on any atom is 0.155 e. The third kappa shape index (κ3) is 6.43. The molecule has 2 heterocycles. The minimum absolute atomic E-state index is 0.00631. The van der Waals surface area contributed by atoms with Crippen molar-refractivity contribution in [2.24, 2.45) is 0 Å². The van der Waals surface area contributed by atoms with Crippen molar-refractivity contribution in [3.63, 3.8) is 0 Å². The molecule has 2 aliphatic heterocycles. The van der Waals surface area contributed by atoms with Gasteiger partial charge in [0.15, 0.2) is 16.1 Å². The first kappa shape index (κ1) is 49.9. The van der Waals surface area contributed by atoms with Gasteiger partial charge in [0, 0.05) is 0 Å².